The number of nitriles is 1. The molecule has 0 heterocycles. The summed E-state index contributed by atoms with van der Waals surface area (Å²) >= 11 is 0. The summed E-state index contributed by atoms with van der Waals surface area (Å²) in [5, 5.41) is 19.8. The summed E-state index contributed by atoms with van der Waals surface area (Å²) in [6.45, 7) is 4.91. The number of hydrogen-bond donors (Lipinski definition) is 0. The number of aryl methyl sites for hydroxylation is 1. The first-order valence-electron chi connectivity index (χ1n) is 16.7. The second kappa shape index (κ2) is 21.4. The summed E-state index contributed by atoms with van der Waals surface area (Å²) < 4.78 is 22.0. The predicted octanol–water partition coefficient (Wildman–Crippen LogP) is 10.0. The first-order valence-corrected chi connectivity index (χ1v) is 16.7. The topological polar surface area (TPSA) is 85.4 Å². The van der Waals surface area contributed by atoms with Crippen molar-refractivity contribution in [2.75, 3.05) is 35.0 Å². The minimum Gasteiger partial charge on any atom is -0.493 e. The molecule has 7 heteroatoms. The van der Waals surface area contributed by atoms with E-state index in [9.17, 15) is 5.26 Å². The Morgan fingerprint density at radius 3 is 1.82 bits per heavy atom. The molecule has 0 aliphatic carbocycles. The number of rotatable bonds is 24. The predicted molar refractivity (Wildman–Crippen MR) is 180 cm³/mol. The van der Waals surface area contributed by atoms with Crippen molar-refractivity contribution in [1.82, 2.24) is 0 Å². The molecule has 0 aromatic heterocycles. The van der Waals surface area contributed by atoms with E-state index < -0.39 is 5.41 Å². The highest BCUT2D eigenvalue weighted by atomic mass is 16.5. The van der Waals surface area contributed by atoms with Crippen molar-refractivity contribution in [3.8, 4) is 29.1 Å². The molecule has 2 rings (SSSR count). The number of ether oxygens (including phenoxy) is 4. The van der Waals surface area contributed by atoms with E-state index in [2.05, 4.69) is 24.2 Å². The zero-order valence-electron chi connectivity index (χ0n) is 28.3. The highest BCUT2D eigenvalue weighted by Gasteiger charge is 2.33. The van der Waals surface area contributed by atoms with E-state index in [1.165, 1.54) is 51.4 Å². The molecule has 2 unspecified atom stereocenters. The standard InChI is InChI=1S/C37H57N3O4/c1-7-9-10-11-12-13-14-15-16-17-25-37(29-38,31-20-23-34(42-4)36(28-31)44-6)26-24-32(40-39-8-2)21-18-30-19-22-33(41-3)35(27-30)43-5/h19-20,22-23,27-28,32H,7-18,21,24-26H2,1-6H3. The van der Waals surface area contributed by atoms with Crippen LogP contribution in [0.15, 0.2) is 46.6 Å². The van der Waals surface area contributed by atoms with Crippen LogP contribution in [0.25, 0.3) is 0 Å². The molecule has 0 aliphatic rings. The zero-order chi connectivity index (χ0) is 32.0. The average Bonchev–Trinajstić information content (AvgIpc) is 3.07. The molecule has 244 valence electrons. The number of benzene rings is 2. The monoisotopic (exact) mass is 607 g/mol. The van der Waals surface area contributed by atoms with Crippen LogP contribution in [0.2, 0.25) is 0 Å². The quantitative estimate of drug-likeness (QED) is 0.0875. The minimum atomic E-state index is -0.636. The van der Waals surface area contributed by atoms with Gasteiger partial charge in [-0.1, -0.05) is 83.3 Å². The Bertz CT molecular complexity index is 1150. The molecule has 44 heavy (non-hydrogen) atoms. The summed E-state index contributed by atoms with van der Waals surface area (Å²) in [6, 6.07) is 14.8. The van der Waals surface area contributed by atoms with Gasteiger partial charge in [0.1, 0.15) is 0 Å². The van der Waals surface area contributed by atoms with Gasteiger partial charge in [-0.05, 0) is 74.4 Å². The third-order valence-corrected chi connectivity index (χ3v) is 8.61. The van der Waals surface area contributed by atoms with Gasteiger partial charge in [-0.15, -0.1) is 0 Å². The van der Waals surface area contributed by atoms with Crippen molar-refractivity contribution in [2.24, 2.45) is 10.2 Å². The maximum absolute atomic E-state index is 10.8. The fraction of sp³-hybridized carbons (Fsp3) is 0.649. The van der Waals surface area contributed by atoms with E-state index in [-0.39, 0.29) is 6.04 Å². The van der Waals surface area contributed by atoms with Crippen molar-refractivity contribution >= 4 is 0 Å². The largest absolute Gasteiger partial charge is 0.493 e. The molecule has 2 aromatic carbocycles. The number of nitrogens with zero attached hydrogens (tertiary/aromatic N) is 3. The van der Waals surface area contributed by atoms with Gasteiger partial charge in [0.2, 0.25) is 0 Å². The lowest BCUT2D eigenvalue weighted by Gasteiger charge is -2.29. The zero-order valence-corrected chi connectivity index (χ0v) is 28.3. The molecule has 2 aromatic rings. The highest BCUT2D eigenvalue weighted by Crippen LogP contribution is 2.40. The Labute approximate surface area is 267 Å². The first kappa shape index (κ1) is 36.9. The van der Waals surface area contributed by atoms with E-state index in [0.29, 0.717) is 24.5 Å². The van der Waals surface area contributed by atoms with Crippen molar-refractivity contribution in [1.29, 1.82) is 5.26 Å². The first-order chi connectivity index (χ1) is 21.5. The van der Waals surface area contributed by atoms with Gasteiger partial charge < -0.3 is 18.9 Å². The van der Waals surface area contributed by atoms with E-state index in [1.54, 1.807) is 28.4 Å². The van der Waals surface area contributed by atoms with Crippen LogP contribution in [0.1, 0.15) is 115 Å². The lowest BCUT2D eigenvalue weighted by molar-refractivity contribution is 0.350. The Balaban J connectivity index is 2.15. The van der Waals surface area contributed by atoms with E-state index in [1.807, 2.05) is 37.3 Å². The van der Waals surface area contributed by atoms with E-state index in [0.717, 1.165) is 61.2 Å². The Morgan fingerprint density at radius 1 is 0.682 bits per heavy atom. The molecule has 0 saturated carbocycles. The molecule has 0 spiro atoms. The van der Waals surface area contributed by atoms with Gasteiger partial charge in [0.05, 0.1) is 52.5 Å². The molecule has 0 aliphatic heterocycles. The summed E-state index contributed by atoms with van der Waals surface area (Å²) in [5.74, 6) is 2.78. The maximum Gasteiger partial charge on any atom is 0.161 e. The Kier molecular flexibility index (Phi) is 18.0. The van der Waals surface area contributed by atoms with Crippen LogP contribution in [-0.4, -0.2) is 41.0 Å². The molecule has 0 bridgehead atoms. The summed E-state index contributed by atoms with van der Waals surface area (Å²) in [4.78, 5) is 0. The molecule has 0 N–H and O–H groups in total. The lowest BCUT2D eigenvalue weighted by atomic mass is 9.73. The van der Waals surface area contributed by atoms with Gasteiger partial charge in [-0.3, -0.25) is 0 Å². The average molecular weight is 608 g/mol. The maximum atomic E-state index is 10.8. The number of unbranched alkanes of at least 4 members (excludes halogenated alkanes) is 9. The SMILES string of the molecule is CCCCCCCCCCCCC(C#N)(CCC(CCc1ccc(OC)c(OC)c1)N=NCC)c1ccc(OC)c(OC)c1. The molecule has 0 fully saturated rings. The van der Waals surface area contributed by atoms with Gasteiger partial charge >= 0.3 is 0 Å². The number of azo groups is 1. The van der Waals surface area contributed by atoms with Crippen LogP contribution in [-0.2, 0) is 11.8 Å². The van der Waals surface area contributed by atoms with Gasteiger partial charge in [0, 0.05) is 0 Å². The summed E-state index contributed by atoms with van der Waals surface area (Å²) in [6.07, 6.45) is 16.6. The van der Waals surface area contributed by atoms with Crippen molar-refractivity contribution in [3.63, 3.8) is 0 Å². The number of methoxy groups -OCH3 is 4. The normalized spacial score (nSPS) is 13.3. The van der Waals surface area contributed by atoms with Crippen LogP contribution in [0.3, 0.4) is 0 Å². The highest BCUT2D eigenvalue weighted by molar-refractivity contribution is 5.47. The van der Waals surface area contributed by atoms with Crippen LogP contribution in [0.5, 0.6) is 23.0 Å². The molecule has 2 atom stereocenters. The second-order valence-electron chi connectivity index (χ2n) is 11.7. The van der Waals surface area contributed by atoms with Gasteiger partial charge in [0.15, 0.2) is 23.0 Å². The van der Waals surface area contributed by atoms with Gasteiger partial charge in [-0.25, -0.2) is 0 Å². The third-order valence-electron chi connectivity index (χ3n) is 8.61. The molecule has 0 amide bonds. The lowest BCUT2D eigenvalue weighted by Crippen LogP contribution is -2.26. The minimum absolute atomic E-state index is 0.0172. The Hall–Kier alpha value is -3.27. The van der Waals surface area contributed by atoms with Crippen LogP contribution >= 0.6 is 0 Å². The second-order valence-corrected chi connectivity index (χ2v) is 11.7. The Morgan fingerprint density at radius 2 is 1.25 bits per heavy atom. The molecular formula is C37H57N3O4. The van der Waals surface area contributed by atoms with Crippen LogP contribution in [0.4, 0.5) is 0 Å². The molecule has 7 nitrogen and oxygen atoms in total. The summed E-state index contributed by atoms with van der Waals surface area (Å²) in [7, 11) is 6.59. The van der Waals surface area contributed by atoms with E-state index >= 15 is 0 Å². The van der Waals surface area contributed by atoms with Gasteiger partial charge in [0.25, 0.3) is 0 Å². The number of hydrogen-bond acceptors (Lipinski definition) is 7. The fourth-order valence-electron chi connectivity index (χ4n) is 5.88. The van der Waals surface area contributed by atoms with Crippen molar-refractivity contribution in [2.45, 2.75) is 122 Å². The third kappa shape index (κ3) is 12.0. The van der Waals surface area contributed by atoms with Crippen molar-refractivity contribution in [3.05, 3.63) is 47.5 Å². The molecule has 0 radical (unpaired) electrons. The van der Waals surface area contributed by atoms with Gasteiger partial charge in [-0.2, -0.15) is 15.5 Å². The molecular weight excluding hydrogens is 550 g/mol. The van der Waals surface area contributed by atoms with Crippen molar-refractivity contribution < 1.29 is 18.9 Å². The van der Waals surface area contributed by atoms with Crippen LogP contribution < -0.4 is 18.9 Å². The fourth-order valence-corrected chi connectivity index (χ4v) is 5.88. The smallest absolute Gasteiger partial charge is 0.161 e. The van der Waals surface area contributed by atoms with E-state index in [4.69, 9.17) is 24.1 Å². The summed E-state index contributed by atoms with van der Waals surface area (Å²) in [5.41, 5.74) is 1.51. The molecule has 0 saturated heterocycles. The van der Waals surface area contributed by atoms with Crippen LogP contribution in [0, 0.1) is 11.3 Å².